The molecule has 0 amide bonds. The molecule has 0 saturated carbocycles. The van der Waals surface area contributed by atoms with Crippen LogP contribution in [0.15, 0.2) is 4.99 Å². The van der Waals surface area contributed by atoms with Crippen molar-refractivity contribution < 1.29 is 4.74 Å². The highest BCUT2D eigenvalue weighted by Crippen LogP contribution is 2.21. The molecule has 0 radical (unpaired) electrons. The van der Waals surface area contributed by atoms with Gasteiger partial charge >= 0.3 is 0 Å². The predicted molar refractivity (Wildman–Crippen MR) is 95.8 cm³/mol. The van der Waals surface area contributed by atoms with E-state index in [1.165, 1.54) is 5.56 Å². The van der Waals surface area contributed by atoms with Crippen molar-refractivity contribution in [2.75, 3.05) is 20.2 Å². The highest BCUT2D eigenvalue weighted by atomic mass is 16.5. The van der Waals surface area contributed by atoms with Crippen molar-refractivity contribution in [3.63, 3.8) is 0 Å². The van der Waals surface area contributed by atoms with E-state index >= 15 is 0 Å². The summed E-state index contributed by atoms with van der Waals surface area (Å²) in [5.74, 6) is 0.807. The van der Waals surface area contributed by atoms with Crippen LogP contribution in [0.1, 0.15) is 44.6 Å². The first-order valence-electron chi connectivity index (χ1n) is 8.24. The summed E-state index contributed by atoms with van der Waals surface area (Å²) in [5, 5.41) is 11.1. The van der Waals surface area contributed by atoms with Gasteiger partial charge in [0.25, 0.3) is 0 Å². The number of aromatic nitrogens is 2. The van der Waals surface area contributed by atoms with Gasteiger partial charge in [-0.15, -0.1) is 0 Å². The lowest BCUT2D eigenvalue weighted by molar-refractivity contribution is 0.0205. The van der Waals surface area contributed by atoms with Crippen LogP contribution in [0.25, 0.3) is 0 Å². The lowest BCUT2D eigenvalue weighted by atomic mass is 9.89. The van der Waals surface area contributed by atoms with Crippen molar-refractivity contribution >= 4 is 5.96 Å². The molecule has 0 aromatic carbocycles. The monoisotopic (exact) mass is 323 g/mol. The van der Waals surface area contributed by atoms with Gasteiger partial charge in [-0.05, 0) is 26.2 Å². The second kappa shape index (κ2) is 8.34. The van der Waals surface area contributed by atoms with Gasteiger partial charge in [-0.25, -0.2) is 4.99 Å². The molecule has 0 saturated heterocycles. The molecule has 0 aliphatic rings. The summed E-state index contributed by atoms with van der Waals surface area (Å²) < 4.78 is 7.49. The summed E-state index contributed by atoms with van der Waals surface area (Å²) in [6.07, 6.45) is 0.119. The number of aliphatic imine (C=N–C) groups is 1. The van der Waals surface area contributed by atoms with E-state index < -0.39 is 0 Å². The first-order valence-corrected chi connectivity index (χ1v) is 8.24. The van der Waals surface area contributed by atoms with Gasteiger partial charge in [0.05, 0.1) is 18.3 Å². The molecule has 132 valence electrons. The van der Waals surface area contributed by atoms with Gasteiger partial charge in [-0.2, -0.15) is 5.10 Å². The van der Waals surface area contributed by atoms with E-state index in [9.17, 15) is 0 Å². The van der Waals surface area contributed by atoms with Gasteiger partial charge in [0.1, 0.15) is 0 Å². The number of ether oxygens (including phenoxy) is 1. The zero-order valence-electron chi connectivity index (χ0n) is 15.9. The lowest BCUT2D eigenvalue weighted by Crippen LogP contribution is -2.45. The number of hydrogen-bond donors (Lipinski definition) is 2. The Bertz CT molecular complexity index is 528. The van der Waals surface area contributed by atoms with Crippen LogP contribution in [0.4, 0.5) is 0 Å². The van der Waals surface area contributed by atoms with Gasteiger partial charge in [0, 0.05) is 38.5 Å². The third kappa shape index (κ3) is 5.53. The van der Waals surface area contributed by atoms with E-state index in [1.54, 1.807) is 7.11 Å². The molecule has 0 fully saturated rings. The molecule has 1 aromatic rings. The molecule has 1 atom stereocenters. The molecule has 1 rings (SSSR count). The smallest absolute Gasteiger partial charge is 0.191 e. The maximum Gasteiger partial charge on any atom is 0.191 e. The maximum absolute atomic E-state index is 5.59. The SMILES string of the molecule is CCNC(=NCc1c(C)nn(C)c1C)NCC(OC)C(C)(C)C. The van der Waals surface area contributed by atoms with E-state index in [1.807, 2.05) is 18.7 Å². The molecular weight excluding hydrogens is 290 g/mol. The number of hydrogen-bond acceptors (Lipinski definition) is 3. The lowest BCUT2D eigenvalue weighted by Gasteiger charge is -2.30. The first kappa shape index (κ1) is 19.5. The fraction of sp³-hybridized carbons (Fsp3) is 0.765. The molecule has 0 bridgehead atoms. The number of nitrogens with zero attached hydrogens (tertiary/aromatic N) is 3. The summed E-state index contributed by atoms with van der Waals surface area (Å²) in [5.41, 5.74) is 3.46. The Morgan fingerprint density at radius 3 is 2.39 bits per heavy atom. The zero-order valence-corrected chi connectivity index (χ0v) is 15.9. The summed E-state index contributed by atoms with van der Waals surface area (Å²) >= 11 is 0. The van der Waals surface area contributed by atoms with E-state index in [0.717, 1.165) is 30.4 Å². The standard InChI is InChI=1S/C17H33N5O/c1-9-18-16(20-11-15(23-8)17(4,5)6)19-10-14-12(2)21-22(7)13(14)3/h15H,9-11H2,1-8H3,(H2,18,19,20). The molecule has 0 spiro atoms. The fourth-order valence-corrected chi connectivity index (χ4v) is 2.48. The van der Waals surface area contributed by atoms with Crippen LogP contribution in [0.5, 0.6) is 0 Å². The molecule has 1 heterocycles. The summed E-state index contributed by atoms with van der Waals surface area (Å²) in [7, 11) is 3.72. The van der Waals surface area contributed by atoms with Crippen LogP contribution in [0.3, 0.4) is 0 Å². The number of nitrogens with one attached hydrogen (secondary N) is 2. The highest BCUT2D eigenvalue weighted by Gasteiger charge is 2.24. The zero-order chi connectivity index (χ0) is 17.6. The molecule has 6 heteroatoms. The van der Waals surface area contributed by atoms with Gasteiger partial charge < -0.3 is 15.4 Å². The average molecular weight is 323 g/mol. The fourth-order valence-electron chi connectivity index (χ4n) is 2.48. The summed E-state index contributed by atoms with van der Waals surface area (Å²) in [4.78, 5) is 4.69. The molecular formula is C17H33N5O. The number of rotatable bonds is 6. The van der Waals surface area contributed by atoms with E-state index in [0.29, 0.717) is 6.54 Å². The Balaban J connectivity index is 2.77. The van der Waals surface area contributed by atoms with E-state index in [2.05, 4.69) is 50.4 Å². The molecule has 23 heavy (non-hydrogen) atoms. The second-order valence-corrected chi connectivity index (χ2v) is 6.94. The summed E-state index contributed by atoms with van der Waals surface area (Å²) in [6.45, 7) is 14.9. The topological polar surface area (TPSA) is 63.5 Å². The van der Waals surface area contributed by atoms with Crippen molar-refractivity contribution in [3.05, 3.63) is 17.0 Å². The van der Waals surface area contributed by atoms with Gasteiger partial charge in [-0.3, -0.25) is 4.68 Å². The van der Waals surface area contributed by atoms with Gasteiger partial charge in [-0.1, -0.05) is 20.8 Å². The minimum atomic E-state index is 0.0790. The first-order chi connectivity index (χ1) is 10.7. The highest BCUT2D eigenvalue weighted by molar-refractivity contribution is 5.79. The predicted octanol–water partition coefficient (Wildman–Crippen LogP) is 2.15. The van der Waals surface area contributed by atoms with Crippen molar-refractivity contribution in [1.82, 2.24) is 20.4 Å². The summed E-state index contributed by atoms with van der Waals surface area (Å²) in [6, 6.07) is 0. The van der Waals surface area contributed by atoms with Crippen molar-refractivity contribution in [2.45, 2.75) is 54.2 Å². The molecule has 0 aliphatic heterocycles. The van der Waals surface area contributed by atoms with Crippen LogP contribution >= 0.6 is 0 Å². The Kier molecular flexibility index (Phi) is 7.06. The third-order valence-corrected chi connectivity index (χ3v) is 4.10. The van der Waals surface area contributed by atoms with Crippen LogP contribution in [-0.2, 0) is 18.3 Å². The van der Waals surface area contributed by atoms with Gasteiger partial charge in [0.15, 0.2) is 5.96 Å². The molecule has 1 aromatic heterocycles. The Hall–Kier alpha value is -1.56. The average Bonchev–Trinajstić information content (AvgIpc) is 2.69. The van der Waals surface area contributed by atoms with Gasteiger partial charge in [0.2, 0.25) is 0 Å². The van der Waals surface area contributed by atoms with Crippen molar-refractivity contribution in [3.8, 4) is 0 Å². The third-order valence-electron chi connectivity index (χ3n) is 4.10. The number of guanidine groups is 1. The van der Waals surface area contributed by atoms with E-state index in [-0.39, 0.29) is 11.5 Å². The second-order valence-electron chi connectivity index (χ2n) is 6.94. The normalized spacial score (nSPS) is 14.0. The molecule has 6 nitrogen and oxygen atoms in total. The largest absolute Gasteiger partial charge is 0.379 e. The molecule has 0 aliphatic carbocycles. The van der Waals surface area contributed by atoms with Crippen LogP contribution in [0, 0.1) is 19.3 Å². The Morgan fingerprint density at radius 2 is 1.96 bits per heavy atom. The Morgan fingerprint density at radius 1 is 1.30 bits per heavy atom. The number of methoxy groups -OCH3 is 1. The maximum atomic E-state index is 5.59. The molecule has 2 N–H and O–H groups in total. The minimum Gasteiger partial charge on any atom is -0.379 e. The number of aryl methyl sites for hydroxylation is 2. The minimum absolute atomic E-state index is 0.0790. The van der Waals surface area contributed by atoms with Crippen molar-refractivity contribution in [2.24, 2.45) is 17.5 Å². The quantitative estimate of drug-likeness (QED) is 0.622. The van der Waals surface area contributed by atoms with Crippen LogP contribution in [0.2, 0.25) is 0 Å². The molecule has 1 unspecified atom stereocenters. The van der Waals surface area contributed by atoms with Crippen molar-refractivity contribution in [1.29, 1.82) is 0 Å². The van der Waals surface area contributed by atoms with E-state index in [4.69, 9.17) is 9.73 Å². The van der Waals surface area contributed by atoms with Crippen LogP contribution < -0.4 is 10.6 Å². The van der Waals surface area contributed by atoms with Crippen LogP contribution in [-0.4, -0.2) is 42.0 Å². The Labute approximate surface area is 140 Å².